The Morgan fingerprint density at radius 2 is 1.71 bits per heavy atom. The number of aromatic nitrogens is 3. The van der Waals surface area contributed by atoms with Crippen LogP contribution >= 0.6 is 0 Å². The number of benzene rings is 1. The van der Waals surface area contributed by atoms with E-state index in [9.17, 15) is 13.2 Å². The molecule has 0 saturated carbocycles. The topological polar surface area (TPSA) is 36.7 Å². The maximum atomic E-state index is 13.2. The van der Waals surface area contributed by atoms with E-state index in [4.69, 9.17) is 4.98 Å². The van der Waals surface area contributed by atoms with E-state index in [2.05, 4.69) is 19.2 Å². The number of hydrogen-bond donors (Lipinski definition) is 0. The van der Waals surface area contributed by atoms with Gasteiger partial charge in [-0.1, -0.05) is 18.2 Å². The molecule has 0 N–H and O–H groups in total. The summed E-state index contributed by atoms with van der Waals surface area (Å²) in [5, 5.41) is 0. The second-order valence-electron chi connectivity index (χ2n) is 7.78. The highest BCUT2D eigenvalue weighted by Crippen LogP contribution is 2.32. The van der Waals surface area contributed by atoms with E-state index in [1.165, 1.54) is 6.07 Å². The van der Waals surface area contributed by atoms with Gasteiger partial charge in [0, 0.05) is 45.1 Å². The molecule has 5 nitrogen and oxygen atoms in total. The van der Waals surface area contributed by atoms with Crippen LogP contribution in [0.25, 0.3) is 16.7 Å². The fourth-order valence-corrected chi connectivity index (χ4v) is 4.29. The Balaban J connectivity index is 1.29. The number of pyridine rings is 1. The highest BCUT2D eigenvalue weighted by atomic mass is 19.4. The molecule has 0 unspecified atom stereocenters. The van der Waals surface area contributed by atoms with Gasteiger partial charge in [0.25, 0.3) is 0 Å². The molecule has 0 bridgehead atoms. The van der Waals surface area contributed by atoms with Crippen LogP contribution in [0.2, 0.25) is 0 Å². The third-order valence-electron chi connectivity index (χ3n) is 5.89. The Labute approximate surface area is 177 Å². The molecule has 0 spiro atoms. The smallest absolute Gasteiger partial charge is 0.352 e. The number of fused-ring (bicyclic) bond motifs is 3. The molecule has 1 saturated heterocycles. The zero-order chi connectivity index (χ0) is 21.4. The lowest BCUT2D eigenvalue weighted by Gasteiger charge is -2.36. The summed E-state index contributed by atoms with van der Waals surface area (Å²) in [4.78, 5) is 13.8. The van der Waals surface area contributed by atoms with Crippen molar-refractivity contribution >= 4 is 22.5 Å². The van der Waals surface area contributed by atoms with Crippen molar-refractivity contribution in [3.63, 3.8) is 0 Å². The van der Waals surface area contributed by atoms with Gasteiger partial charge in [-0.25, -0.2) is 9.97 Å². The second kappa shape index (κ2) is 7.85. The Morgan fingerprint density at radius 3 is 2.52 bits per heavy atom. The summed E-state index contributed by atoms with van der Waals surface area (Å²) in [6.07, 6.45) is -0.171. The number of alkyl halides is 3. The number of rotatable bonds is 4. The van der Waals surface area contributed by atoms with Gasteiger partial charge in [-0.3, -0.25) is 9.30 Å². The molecule has 0 atom stereocenters. The maximum Gasteiger partial charge on any atom is 0.416 e. The molecular formula is C23H22F3N5. The summed E-state index contributed by atoms with van der Waals surface area (Å²) in [5.41, 5.74) is 2.51. The summed E-state index contributed by atoms with van der Waals surface area (Å²) >= 11 is 0. The van der Waals surface area contributed by atoms with E-state index < -0.39 is 11.7 Å². The van der Waals surface area contributed by atoms with Crippen molar-refractivity contribution in [3.8, 4) is 0 Å². The zero-order valence-corrected chi connectivity index (χ0v) is 16.9. The normalized spacial score (nSPS) is 15.8. The van der Waals surface area contributed by atoms with E-state index in [1.54, 1.807) is 18.3 Å². The van der Waals surface area contributed by atoms with Crippen LogP contribution in [-0.4, -0.2) is 52.0 Å². The summed E-state index contributed by atoms with van der Waals surface area (Å²) in [6.45, 7) is 3.74. The number of nitrogens with zero attached hydrogens (tertiary/aromatic N) is 5. The molecule has 1 aliphatic heterocycles. The van der Waals surface area contributed by atoms with Crippen LogP contribution < -0.4 is 4.90 Å². The van der Waals surface area contributed by atoms with Crippen LogP contribution in [0.15, 0.2) is 60.9 Å². The highest BCUT2D eigenvalue weighted by Gasteiger charge is 2.33. The van der Waals surface area contributed by atoms with Crippen molar-refractivity contribution in [1.82, 2.24) is 19.3 Å². The minimum atomic E-state index is -4.31. The lowest BCUT2D eigenvalue weighted by Crippen LogP contribution is -2.47. The molecule has 160 valence electrons. The van der Waals surface area contributed by atoms with E-state index in [0.717, 1.165) is 54.7 Å². The van der Waals surface area contributed by atoms with Gasteiger partial charge in [0.2, 0.25) is 0 Å². The van der Waals surface area contributed by atoms with Gasteiger partial charge < -0.3 is 4.90 Å². The third-order valence-corrected chi connectivity index (χ3v) is 5.89. The average molecular weight is 425 g/mol. The van der Waals surface area contributed by atoms with Gasteiger partial charge in [0.15, 0.2) is 11.5 Å². The van der Waals surface area contributed by atoms with Gasteiger partial charge in [-0.15, -0.1) is 0 Å². The minimum absolute atomic E-state index is 0.357. The zero-order valence-electron chi connectivity index (χ0n) is 16.9. The molecule has 1 aromatic carbocycles. The Kier molecular flexibility index (Phi) is 5.02. The Morgan fingerprint density at radius 1 is 0.903 bits per heavy atom. The van der Waals surface area contributed by atoms with Crippen LogP contribution in [0.1, 0.15) is 11.1 Å². The van der Waals surface area contributed by atoms with Gasteiger partial charge in [0.1, 0.15) is 5.52 Å². The molecule has 5 rings (SSSR count). The first kappa shape index (κ1) is 19.8. The van der Waals surface area contributed by atoms with Crippen LogP contribution in [0.4, 0.5) is 19.0 Å². The number of hydrogen-bond acceptors (Lipinski definition) is 4. The quantitative estimate of drug-likeness (QED) is 0.490. The molecule has 3 aromatic heterocycles. The number of anilines is 1. The lowest BCUT2D eigenvalue weighted by atomic mass is 10.0. The van der Waals surface area contributed by atoms with Crippen LogP contribution in [0.3, 0.4) is 0 Å². The van der Waals surface area contributed by atoms with Crippen LogP contribution in [-0.2, 0) is 12.6 Å². The SMILES string of the molecule is FC(F)(F)c1ccccc1CCN1CCN(c2nc3cccnc3n3cccc23)CC1. The van der Waals surface area contributed by atoms with Crippen LogP contribution in [0, 0.1) is 0 Å². The van der Waals surface area contributed by atoms with E-state index in [0.29, 0.717) is 18.5 Å². The highest BCUT2D eigenvalue weighted by molar-refractivity contribution is 5.82. The molecule has 0 aliphatic carbocycles. The van der Waals surface area contributed by atoms with Crippen molar-refractivity contribution in [3.05, 3.63) is 72.1 Å². The minimum Gasteiger partial charge on any atom is -0.352 e. The first-order chi connectivity index (χ1) is 15.0. The van der Waals surface area contributed by atoms with Gasteiger partial charge in [-0.05, 0) is 42.3 Å². The molecular weight excluding hydrogens is 403 g/mol. The molecule has 31 heavy (non-hydrogen) atoms. The van der Waals surface area contributed by atoms with Crippen molar-refractivity contribution in [2.45, 2.75) is 12.6 Å². The lowest BCUT2D eigenvalue weighted by molar-refractivity contribution is -0.138. The summed E-state index contributed by atoms with van der Waals surface area (Å²) in [7, 11) is 0. The van der Waals surface area contributed by atoms with Gasteiger partial charge in [0.05, 0.1) is 11.1 Å². The van der Waals surface area contributed by atoms with Crippen molar-refractivity contribution in [1.29, 1.82) is 0 Å². The van der Waals surface area contributed by atoms with E-state index in [-0.39, 0.29) is 0 Å². The van der Waals surface area contributed by atoms with E-state index in [1.807, 2.05) is 30.5 Å². The van der Waals surface area contributed by atoms with Gasteiger partial charge >= 0.3 is 6.18 Å². The Bertz CT molecular complexity index is 1210. The fourth-order valence-electron chi connectivity index (χ4n) is 4.29. The third kappa shape index (κ3) is 3.83. The first-order valence-electron chi connectivity index (χ1n) is 10.3. The van der Waals surface area contributed by atoms with Gasteiger partial charge in [-0.2, -0.15) is 13.2 Å². The average Bonchev–Trinajstić information content (AvgIpc) is 3.27. The largest absolute Gasteiger partial charge is 0.416 e. The predicted molar refractivity (Wildman–Crippen MR) is 114 cm³/mol. The van der Waals surface area contributed by atoms with E-state index >= 15 is 0 Å². The molecule has 1 fully saturated rings. The first-order valence-corrected chi connectivity index (χ1v) is 10.3. The second-order valence-corrected chi connectivity index (χ2v) is 7.78. The summed E-state index contributed by atoms with van der Waals surface area (Å²) in [6, 6.07) is 13.7. The molecule has 1 aliphatic rings. The molecule has 8 heteroatoms. The van der Waals surface area contributed by atoms with Crippen molar-refractivity contribution < 1.29 is 13.2 Å². The monoisotopic (exact) mass is 425 g/mol. The maximum absolute atomic E-state index is 13.2. The molecule has 0 amide bonds. The molecule has 4 heterocycles. The fraction of sp³-hybridized carbons (Fsp3) is 0.304. The van der Waals surface area contributed by atoms with Crippen molar-refractivity contribution in [2.24, 2.45) is 0 Å². The summed E-state index contributed by atoms with van der Waals surface area (Å²) < 4.78 is 41.7. The predicted octanol–water partition coefficient (Wildman–Crippen LogP) is 4.27. The number of halogens is 3. The number of piperazine rings is 1. The van der Waals surface area contributed by atoms with Crippen molar-refractivity contribution in [2.75, 3.05) is 37.6 Å². The molecule has 4 aromatic rings. The summed E-state index contributed by atoms with van der Waals surface area (Å²) in [5.74, 6) is 0.924. The molecule has 0 radical (unpaired) electrons. The Hall–Kier alpha value is -3.13. The standard InChI is InChI=1S/C23H22F3N5/c24-23(25,26)18-6-2-1-5-17(18)9-12-29-13-15-30(16-14-29)22-20-8-4-11-31(20)21-19(28-22)7-3-10-27-21/h1-8,10-11H,9,12-16H2. The van der Waals surface area contributed by atoms with Crippen LogP contribution in [0.5, 0.6) is 0 Å².